The van der Waals surface area contributed by atoms with Crippen molar-refractivity contribution < 1.29 is 17.9 Å². The van der Waals surface area contributed by atoms with Gasteiger partial charge >= 0.3 is 6.18 Å². The Hall–Kier alpha value is -1.27. The minimum atomic E-state index is -4.32. The van der Waals surface area contributed by atoms with Crippen LogP contribution in [0.1, 0.15) is 30.9 Å². The van der Waals surface area contributed by atoms with E-state index < -0.39 is 11.7 Å². The number of nitrogens with zero attached hydrogens (tertiary/aromatic N) is 2. The van der Waals surface area contributed by atoms with E-state index in [1.165, 1.54) is 6.07 Å². The zero-order valence-corrected chi connectivity index (χ0v) is 13.6. The molecule has 0 bridgehead atoms. The lowest BCUT2D eigenvalue weighted by Gasteiger charge is -2.43. The highest BCUT2D eigenvalue weighted by molar-refractivity contribution is 5.57. The molecule has 0 radical (unpaired) electrons. The van der Waals surface area contributed by atoms with Crippen molar-refractivity contribution in [2.24, 2.45) is 0 Å². The average molecular weight is 328 g/mol. The number of anilines is 1. The summed E-state index contributed by atoms with van der Waals surface area (Å²) in [5.41, 5.74) is 0.530. The zero-order valence-electron chi connectivity index (χ0n) is 13.6. The molecular formula is C17H23F3N2O. The van der Waals surface area contributed by atoms with Gasteiger partial charge in [-0.3, -0.25) is 4.90 Å². The van der Waals surface area contributed by atoms with Gasteiger partial charge in [0.25, 0.3) is 0 Å². The summed E-state index contributed by atoms with van der Waals surface area (Å²) < 4.78 is 45.6. The molecule has 2 heterocycles. The summed E-state index contributed by atoms with van der Waals surface area (Å²) in [7, 11) is 0. The van der Waals surface area contributed by atoms with E-state index in [4.69, 9.17) is 4.74 Å². The molecule has 1 aromatic carbocycles. The van der Waals surface area contributed by atoms with E-state index in [0.29, 0.717) is 24.8 Å². The lowest BCUT2D eigenvalue weighted by molar-refractivity contribution is -0.137. The third kappa shape index (κ3) is 3.48. The summed E-state index contributed by atoms with van der Waals surface area (Å²) in [4.78, 5) is 4.18. The van der Waals surface area contributed by atoms with Crippen LogP contribution in [0.15, 0.2) is 18.2 Å². The molecule has 0 spiro atoms. The Balaban J connectivity index is 1.79. The second-order valence-electron chi connectivity index (χ2n) is 6.64. The Morgan fingerprint density at radius 1 is 1.09 bits per heavy atom. The second-order valence-corrected chi connectivity index (χ2v) is 6.64. The number of benzene rings is 1. The van der Waals surface area contributed by atoms with Crippen molar-refractivity contribution in [3.05, 3.63) is 29.3 Å². The smallest absolute Gasteiger partial charge is 0.378 e. The van der Waals surface area contributed by atoms with Gasteiger partial charge in [0, 0.05) is 31.9 Å². The van der Waals surface area contributed by atoms with Crippen molar-refractivity contribution >= 4 is 5.69 Å². The number of hydrogen-bond acceptors (Lipinski definition) is 3. The number of ether oxygens (including phenoxy) is 1. The molecule has 2 aliphatic rings. The van der Waals surface area contributed by atoms with E-state index in [0.717, 1.165) is 31.9 Å². The monoisotopic (exact) mass is 328 g/mol. The SMILES string of the molecule is CC(C)c1ccc(N2CCN(C3COC3)CC2)c(C(F)(F)F)c1. The van der Waals surface area contributed by atoms with Crippen molar-refractivity contribution in [2.75, 3.05) is 44.3 Å². The van der Waals surface area contributed by atoms with Crippen molar-refractivity contribution in [3.63, 3.8) is 0 Å². The third-order valence-corrected chi connectivity index (χ3v) is 4.78. The fraction of sp³-hybridized carbons (Fsp3) is 0.647. The summed E-state index contributed by atoms with van der Waals surface area (Å²) in [5.74, 6) is 0.0839. The van der Waals surface area contributed by atoms with E-state index in [-0.39, 0.29) is 5.92 Å². The maximum Gasteiger partial charge on any atom is 0.418 e. The molecule has 0 amide bonds. The molecule has 1 aromatic rings. The first-order valence-electron chi connectivity index (χ1n) is 8.14. The van der Waals surface area contributed by atoms with Crippen LogP contribution in [0.25, 0.3) is 0 Å². The predicted octanol–water partition coefficient (Wildman–Crippen LogP) is 3.35. The van der Waals surface area contributed by atoms with Crippen molar-refractivity contribution in [1.29, 1.82) is 0 Å². The van der Waals surface area contributed by atoms with Crippen LogP contribution in [0.2, 0.25) is 0 Å². The van der Waals surface area contributed by atoms with Gasteiger partial charge in [0.2, 0.25) is 0 Å². The van der Waals surface area contributed by atoms with Crippen LogP contribution >= 0.6 is 0 Å². The van der Waals surface area contributed by atoms with Crippen LogP contribution in [0, 0.1) is 0 Å². The van der Waals surface area contributed by atoms with Gasteiger partial charge in [-0.25, -0.2) is 0 Å². The molecule has 0 aliphatic carbocycles. The van der Waals surface area contributed by atoms with Crippen LogP contribution in [-0.2, 0) is 10.9 Å². The Labute approximate surface area is 135 Å². The fourth-order valence-corrected chi connectivity index (χ4v) is 3.18. The average Bonchev–Trinajstić information content (AvgIpc) is 2.45. The van der Waals surface area contributed by atoms with E-state index >= 15 is 0 Å². The van der Waals surface area contributed by atoms with Crippen LogP contribution in [-0.4, -0.2) is 50.3 Å². The molecule has 23 heavy (non-hydrogen) atoms. The normalized spacial score (nSPS) is 20.9. The molecule has 2 fully saturated rings. The lowest BCUT2D eigenvalue weighted by atomic mass is 9.98. The number of halogens is 3. The summed E-state index contributed by atoms with van der Waals surface area (Å²) in [6.45, 7) is 8.15. The molecule has 0 unspecified atom stereocenters. The van der Waals surface area contributed by atoms with Crippen LogP contribution < -0.4 is 4.90 Å². The number of rotatable bonds is 3. The fourth-order valence-electron chi connectivity index (χ4n) is 3.18. The zero-order chi connectivity index (χ0) is 16.6. The molecular weight excluding hydrogens is 305 g/mol. The quantitative estimate of drug-likeness (QED) is 0.846. The van der Waals surface area contributed by atoms with Gasteiger partial charge in [-0.2, -0.15) is 13.2 Å². The molecule has 0 saturated carbocycles. The molecule has 128 valence electrons. The van der Waals surface area contributed by atoms with Gasteiger partial charge in [0.15, 0.2) is 0 Å². The highest BCUT2D eigenvalue weighted by atomic mass is 19.4. The molecule has 3 rings (SSSR count). The summed E-state index contributed by atoms with van der Waals surface area (Å²) in [6, 6.07) is 5.22. The number of hydrogen-bond donors (Lipinski definition) is 0. The van der Waals surface area contributed by atoms with E-state index in [1.54, 1.807) is 6.07 Å². The maximum atomic E-state index is 13.5. The molecule has 0 atom stereocenters. The highest BCUT2D eigenvalue weighted by Crippen LogP contribution is 2.38. The first-order valence-corrected chi connectivity index (χ1v) is 8.14. The van der Waals surface area contributed by atoms with E-state index in [9.17, 15) is 13.2 Å². The third-order valence-electron chi connectivity index (χ3n) is 4.78. The Morgan fingerprint density at radius 3 is 2.22 bits per heavy atom. The second kappa shape index (κ2) is 6.32. The Bertz CT molecular complexity index is 547. The number of alkyl halides is 3. The van der Waals surface area contributed by atoms with Crippen molar-refractivity contribution in [2.45, 2.75) is 32.0 Å². The van der Waals surface area contributed by atoms with E-state index in [2.05, 4.69) is 4.90 Å². The maximum absolute atomic E-state index is 13.5. The van der Waals surface area contributed by atoms with Gasteiger partial charge in [-0.1, -0.05) is 19.9 Å². The van der Waals surface area contributed by atoms with Crippen LogP contribution in [0.5, 0.6) is 0 Å². The van der Waals surface area contributed by atoms with Gasteiger partial charge < -0.3 is 9.64 Å². The van der Waals surface area contributed by atoms with Crippen molar-refractivity contribution in [1.82, 2.24) is 4.90 Å². The largest absolute Gasteiger partial charge is 0.418 e. The topological polar surface area (TPSA) is 15.7 Å². The standard InChI is InChI=1S/C17H23F3N2O/c1-12(2)13-3-4-16(15(9-13)17(18,19)20)22-7-5-21(6-8-22)14-10-23-11-14/h3-4,9,12,14H,5-8,10-11H2,1-2H3. The molecule has 0 N–H and O–H groups in total. The predicted molar refractivity (Wildman–Crippen MR) is 83.9 cm³/mol. The summed E-state index contributed by atoms with van der Waals surface area (Å²) in [5, 5.41) is 0. The van der Waals surface area contributed by atoms with Gasteiger partial charge in [-0.15, -0.1) is 0 Å². The summed E-state index contributed by atoms with van der Waals surface area (Å²) in [6.07, 6.45) is -4.32. The lowest BCUT2D eigenvalue weighted by Crippen LogP contribution is -2.56. The first kappa shape index (κ1) is 16.6. The first-order chi connectivity index (χ1) is 10.9. The molecule has 2 aliphatic heterocycles. The number of piperazine rings is 1. The molecule has 6 heteroatoms. The van der Waals surface area contributed by atoms with E-state index in [1.807, 2.05) is 24.8 Å². The van der Waals surface area contributed by atoms with Gasteiger partial charge in [-0.05, 0) is 23.6 Å². The molecule has 0 aromatic heterocycles. The van der Waals surface area contributed by atoms with Crippen molar-refractivity contribution in [3.8, 4) is 0 Å². The van der Waals surface area contributed by atoms with Gasteiger partial charge in [0.1, 0.15) is 0 Å². The van der Waals surface area contributed by atoms with Crippen LogP contribution in [0.4, 0.5) is 18.9 Å². The Morgan fingerprint density at radius 2 is 1.74 bits per heavy atom. The minimum absolute atomic E-state index is 0.0839. The van der Waals surface area contributed by atoms with Crippen LogP contribution in [0.3, 0.4) is 0 Å². The molecule has 3 nitrogen and oxygen atoms in total. The van der Waals surface area contributed by atoms with Gasteiger partial charge in [0.05, 0.1) is 24.8 Å². The highest BCUT2D eigenvalue weighted by Gasteiger charge is 2.36. The Kier molecular flexibility index (Phi) is 4.56. The minimum Gasteiger partial charge on any atom is -0.378 e. The summed E-state index contributed by atoms with van der Waals surface area (Å²) >= 11 is 0. The molecule has 2 saturated heterocycles.